The Morgan fingerprint density at radius 3 is 2.73 bits per heavy atom. The van der Waals surface area contributed by atoms with Crippen LogP contribution in [-0.4, -0.2) is 60.9 Å². The number of nitrogens with one attached hydrogen (secondary N) is 1. The SMILES string of the molecule is Cc1c(-c2cccc(OCCO)c2)cccc1-c1nc2cc3c(c(F)c2o1)CCC3N1CC[C@@H](C(=O)NS(=O)(=O)C2CC2)C1. The molecule has 3 aliphatic rings. The van der Waals surface area contributed by atoms with Crippen LogP contribution >= 0.6 is 0 Å². The van der Waals surface area contributed by atoms with Crippen LogP contribution < -0.4 is 9.46 Å². The molecular formula is C33H34FN3O6S. The number of amides is 1. The van der Waals surface area contributed by atoms with Gasteiger partial charge in [0.1, 0.15) is 17.9 Å². The van der Waals surface area contributed by atoms with E-state index in [1.807, 2.05) is 55.5 Å². The van der Waals surface area contributed by atoms with Gasteiger partial charge in [0.25, 0.3) is 0 Å². The number of halogens is 1. The van der Waals surface area contributed by atoms with Gasteiger partial charge in [-0.3, -0.25) is 14.4 Å². The molecule has 0 spiro atoms. The van der Waals surface area contributed by atoms with E-state index >= 15 is 4.39 Å². The highest BCUT2D eigenvalue weighted by molar-refractivity contribution is 7.90. The van der Waals surface area contributed by atoms with Gasteiger partial charge < -0.3 is 14.3 Å². The van der Waals surface area contributed by atoms with Gasteiger partial charge in [-0.25, -0.2) is 17.8 Å². The Kier molecular flexibility index (Phi) is 7.42. The van der Waals surface area contributed by atoms with Gasteiger partial charge in [0, 0.05) is 18.2 Å². The first-order valence-electron chi connectivity index (χ1n) is 15.1. The molecule has 11 heteroatoms. The summed E-state index contributed by atoms with van der Waals surface area (Å²) in [6, 6.07) is 15.3. The maximum Gasteiger partial charge on any atom is 0.237 e. The molecule has 2 heterocycles. The summed E-state index contributed by atoms with van der Waals surface area (Å²) >= 11 is 0. The standard InChI is InChI=1S/C33H34FN3O6S/c1-19-24(20-4-2-5-22(16-20)42-15-14-38)6-3-7-25(19)33-35-28-17-27-26(30(34)31(28)43-33)10-11-29(27)37-13-12-21(18-37)32(39)36-44(40,41)23-8-9-23/h2-7,16-17,21,23,29,38H,8-15,18H2,1H3,(H,36,39)/t21-,29?/m1/s1. The molecule has 1 amide bonds. The van der Waals surface area contributed by atoms with Gasteiger partial charge >= 0.3 is 0 Å². The van der Waals surface area contributed by atoms with Gasteiger partial charge in [-0.15, -0.1) is 0 Å². The van der Waals surface area contributed by atoms with E-state index in [4.69, 9.17) is 19.2 Å². The van der Waals surface area contributed by atoms with E-state index in [-0.39, 0.29) is 24.8 Å². The van der Waals surface area contributed by atoms with Gasteiger partial charge in [-0.2, -0.15) is 0 Å². The van der Waals surface area contributed by atoms with Gasteiger partial charge in [-0.1, -0.05) is 24.3 Å². The molecule has 1 saturated carbocycles. The molecule has 1 saturated heterocycles. The van der Waals surface area contributed by atoms with Crippen molar-refractivity contribution < 1.29 is 31.9 Å². The number of hydrogen-bond donors (Lipinski definition) is 2. The molecule has 1 unspecified atom stereocenters. The molecule has 2 N–H and O–H groups in total. The Bertz CT molecular complexity index is 1870. The number of sulfonamides is 1. The van der Waals surface area contributed by atoms with Crippen molar-refractivity contribution in [2.75, 3.05) is 26.3 Å². The van der Waals surface area contributed by atoms with Crippen molar-refractivity contribution in [2.45, 2.75) is 50.3 Å². The quantitative estimate of drug-likeness (QED) is 0.272. The molecule has 9 nitrogen and oxygen atoms in total. The second-order valence-corrected chi connectivity index (χ2v) is 13.9. The van der Waals surface area contributed by atoms with Gasteiger partial charge in [-0.05, 0) is 97.7 Å². The Labute approximate surface area is 255 Å². The van der Waals surface area contributed by atoms with E-state index in [2.05, 4.69) is 9.62 Å². The predicted molar refractivity (Wildman–Crippen MR) is 163 cm³/mol. The molecule has 230 valence electrons. The Morgan fingerprint density at radius 1 is 1.14 bits per heavy atom. The molecule has 2 atom stereocenters. The average molecular weight is 620 g/mol. The predicted octanol–water partition coefficient (Wildman–Crippen LogP) is 4.90. The minimum Gasteiger partial charge on any atom is -0.491 e. The molecule has 2 aliphatic carbocycles. The van der Waals surface area contributed by atoms with Crippen molar-refractivity contribution in [1.29, 1.82) is 0 Å². The highest BCUT2D eigenvalue weighted by Crippen LogP contribution is 2.43. The number of aromatic nitrogens is 1. The summed E-state index contributed by atoms with van der Waals surface area (Å²) in [7, 11) is -3.59. The highest BCUT2D eigenvalue weighted by Gasteiger charge is 2.41. The summed E-state index contributed by atoms with van der Waals surface area (Å²) in [6.07, 6.45) is 3.01. The van der Waals surface area contributed by atoms with Crippen LogP contribution in [0.2, 0.25) is 0 Å². The number of fused-ring (bicyclic) bond motifs is 2. The van der Waals surface area contributed by atoms with Crippen molar-refractivity contribution in [3.8, 4) is 28.3 Å². The van der Waals surface area contributed by atoms with Crippen LogP contribution in [0.1, 0.15) is 48.4 Å². The third-order valence-corrected chi connectivity index (χ3v) is 10.9. The lowest BCUT2D eigenvalue weighted by Crippen LogP contribution is -2.38. The summed E-state index contributed by atoms with van der Waals surface area (Å²) < 4.78 is 54.4. The lowest BCUT2D eigenvalue weighted by molar-refractivity contribution is -0.122. The summed E-state index contributed by atoms with van der Waals surface area (Å²) in [5.41, 5.74) is 5.61. The van der Waals surface area contributed by atoms with Crippen LogP contribution in [0.4, 0.5) is 4.39 Å². The normalized spacial score (nSPS) is 20.2. The molecule has 7 rings (SSSR count). The molecule has 1 aromatic heterocycles. The number of carbonyl (C=O) groups is 1. The van der Waals surface area contributed by atoms with Crippen LogP contribution in [0.25, 0.3) is 33.7 Å². The molecule has 0 bridgehead atoms. The Balaban J connectivity index is 1.14. The monoisotopic (exact) mass is 619 g/mol. The lowest BCUT2D eigenvalue weighted by Gasteiger charge is -2.24. The third kappa shape index (κ3) is 5.27. The average Bonchev–Trinajstić information content (AvgIpc) is 3.41. The largest absolute Gasteiger partial charge is 0.491 e. The zero-order valence-corrected chi connectivity index (χ0v) is 25.2. The van der Waals surface area contributed by atoms with Crippen LogP contribution in [0.3, 0.4) is 0 Å². The third-order valence-electron chi connectivity index (χ3n) is 9.09. The van der Waals surface area contributed by atoms with Gasteiger partial charge in [0.2, 0.25) is 21.8 Å². The van der Waals surface area contributed by atoms with Crippen LogP contribution in [0.5, 0.6) is 5.75 Å². The summed E-state index contributed by atoms with van der Waals surface area (Å²) in [5, 5.41) is 8.65. The number of nitrogens with zero attached hydrogens (tertiary/aromatic N) is 2. The molecule has 44 heavy (non-hydrogen) atoms. The Morgan fingerprint density at radius 2 is 1.93 bits per heavy atom. The van der Waals surface area contributed by atoms with E-state index in [1.54, 1.807) is 0 Å². The number of hydrogen-bond acceptors (Lipinski definition) is 8. The minimum atomic E-state index is -3.59. The van der Waals surface area contributed by atoms with Gasteiger partial charge in [0.15, 0.2) is 11.4 Å². The van der Waals surface area contributed by atoms with Crippen molar-refractivity contribution >= 4 is 27.0 Å². The molecule has 3 aromatic carbocycles. The van der Waals surface area contributed by atoms with Crippen molar-refractivity contribution in [3.63, 3.8) is 0 Å². The number of likely N-dealkylation sites (tertiary alicyclic amines) is 1. The maximum atomic E-state index is 15.9. The van der Waals surface area contributed by atoms with Gasteiger partial charge in [0.05, 0.1) is 17.8 Å². The smallest absolute Gasteiger partial charge is 0.237 e. The zero-order chi connectivity index (χ0) is 30.6. The zero-order valence-electron chi connectivity index (χ0n) is 24.4. The number of oxazole rings is 1. The van der Waals surface area contributed by atoms with Crippen LogP contribution in [0.15, 0.2) is 52.9 Å². The van der Waals surface area contributed by atoms with Crippen molar-refractivity contribution in [1.82, 2.24) is 14.6 Å². The fourth-order valence-electron chi connectivity index (χ4n) is 6.63. The van der Waals surface area contributed by atoms with E-state index < -0.39 is 32.9 Å². The van der Waals surface area contributed by atoms with Crippen LogP contribution in [-0.2, 0) is 21.2 Å². The van der Waals surface area contributed by atoms with E-state index in [9.17, 15) is 13.2 Å². The number of carbonyl (C=O) groups excluding carboxylic acids is 1. The number of ether oxygens (including phenoxy) is 1. The maximum absolute atomic E-state index is 15.9. The second-order valence-electron chi connectivity index (χ2n) is 11.9. The fraction of sp³-hybridized carbons (Fsp3) is 0.394. The molecule has 4 aromatic rings. The highest BCUT2D eigenvalue weighted by atomic mass is 32.2. The number of benzene rings is 3. The molecular weight excluding hydrogens is 585 g/mol. The van der Waals surface area contributed by atoms with Crippen molar-refractivity contribution in [3.05, 3.63) is 71.0 Å². The Hall–Kier alpha value is -3.80. The first kappa shape index (κ1) is 28.9. The van der Waals surface area contributed by atoms with E-state index in [0.717, 1.165) is 27.8 Å². The molecule has 0 radical (unpaired) electrons. The van der Waals surface area contributed by atoms with Crippen molar-refractivity contribution in [2.24, 2.45) is 5.92 Å². The first-order valence-corrected chi connectivity index (χ1v) is 16.6. The topological polar surface area (TPSA) is 122 Å². The molecule has 2 fully saturated rings. The van der Waals surface area contributed by atoms with Crippen LogP contribution in [0, 0.1) is 18.7 Å². The fourth-order valence-corrected chi connectivity index (χ4v) is 8.00. The second kappa shape index (κ2) is 11.3. The minimum absolute atomic E-state index is 0.0698. The summed E-state index contributed by atoms with van der Waals surface area (Å²) in [4.78, 5) is 19.6. The van der Waals surface area contributed by atoms with E-state index in [1.165, 1.54) is 0 Å². The first-order chi connectivity index (χ1) is 21.2. The number of rotatable bonds is 9. The lowest BCUT2D eigenvalue weighted by atomic mass is 9.96. The summed E-state index contributed by atoms with van der Waals surface area (Å²) in [5.74, 6) is -0.270. The number of aliphatic hydroxyl groups is 1. The number of aliphatic hydroxyl groups excluding tert-OH is 1. The van der Waals surface area contributed by atoms with E-state index in [0.29, 0.717) is 67.9 Å². The summed E-state index contributed by atoms with van der Waals surface area (Å²) in [6.45, 7) is 3.18. The molecule has 1 aliphatic heterocycles.